The van der Waals surface area contributed by atoms with Gasteiger partial charge in [0.2, 0.25) is 11.8 Å². The van der Waals surface area contributed by atoms with Crippen molar-refractivity contribution in [2.75, 3.05) is 31.5 Å². The lowest BCUT2D eigenvalue weighted by Crippen LogP contribution is -2.54. The number of benzene rings is 1. The first-order chi connectivity index (χ1) is 12.3. The zero-order valence-electron chi connectivity index (χ0n) is 15.3. The minimum absolute atomic E-state index is 0.00272. The fraction of sp³-hybridized carbons (Fsp3) is 0.500. The van der Waals surface area contributed by atoms with E-state index in [1.807, 2.05) is 25.7 Å². The first-order valence-corrected chi connectivity index (χ1v) is 8.91. The van der Waals surface area contributed by atoms with E-state index in [0.717, 1.165) is 0 Å². The Morgan fingerprint density at radius 2 is 1.69 bits per heavy atom. The maximum Gasteiger partial charge on any atom is 0.323 e. The van der Waals surface area contributed by atoms with Gasteiger partial charge in [0.15, 0.2) is 0 Å². The standard InChI is InChI=1S/C18H25N5O3/c1-11(2)17(25)23-8-6-22(7-9-23)12(3)16(24)19-13-4-5-14-15(10-13)21-18(26)20-14/h4-5,10-12H,6-9H2,1-3H3,(H,19,24)(H2,20,21,26)/t12-/m1/s1. The predicted octanol–water partition coefficient (Wildman–Crippen LogP) is 0.983. The summed E-state index contributed by atoms with van der Waals surface area (Å²) in [4.78, 5) is 45.2. The van der Waals surface area contributed by atoms with Crippen LogP contribution in [0.5, 0.6) is 0 Å². The minimum atomic E-state index is -0.299. The summed E-state index contributed by atoms with van der Waals surface area (Å²) in [5.74, 6) is 0.0542. The van der Waals surface area contributed by atoms with Gasteiger partial charge in [-0.3, -0.25) is 14.5 Å². The number of nitrogens with zero attached hydrogens (tertiary/aromatic N) is 2. The summed E-state index contributed by atoms with van der Waals surface area (Å²) in [5, 5.41) is 2.90. The molecule has 140 valence electrons. The number of H-pyrrole nitrogens is 2. The highest BCUT2D eigenvalue weighted by atomic mass is 16.2. The van der Waals surface area contributed by atoms with Crippen molar-refractivity contribution in [1.82, 2.24) is 19.8 Å². The molecule has 8 nitrogen and oxygen atoms in total. The fourth-order valence-electron chi connectivity index (χ4n) is 3.22. The Balaban J connectivity index is 1.59. The lowest BCUT2D eigenvalue weighted by Gasteiger charge is -2.38. The van der Waals surface area contributed by atoms with Crippen molar-refractivity contribution in [2.24, 2.45) is 5.92 Å². The third-order valence-corrected chi connectivity index (χ3v) is 4.83. The summed E-state index contributed by atoms with van der Waals surface area (Å²) in [6.45, 7) is 8.31. The Morgan fingerprint density at radius 3 is 2.35 bits per heavy atom. The number of hydrogen-bond acceptors (Lipinski definition) is 4. The first kappa shape index (κ1) is 18.2. The van der Waals surface area contributed by atoms with Crippen LogP contribution in [0.25, 0.3) is 11.0 Å². The SMILES string of the molecule is CC(C)C(=O)N1CCN([C@H](C)C(=O)Nc2ccc3[nH]c(=O)[nH]c3c2)CC1. The maximum absolute atomic E-state index is 12.6. The van der Waals surface area contributed by atoms with Gasteiger partial charge in [0, 0.05) is 37.8 Å². The number of aromatic amines is 2. The molecule has 1 aromatic heterocycles. The van der Waals surface area contributed by atoms with Crippen molar-refractivity contribution >= 4 is 28.5 Å². The highest BCUT2D eigenvalue weighted by Crippen LogP contribution is 2.16. The molecule has 0 aliphatic carbocycles. The number of hydrogen-bond donors (Lipinski definition) is 3. The Hall–Kier alpha value is -2.61. The number of anilines is 1. The third kappa shape index (κ3) is 3.80. The average molecular weight is 359 g/mol. The van der Waals surface area contributed by atoms with Crippen LogP contribution in [-0.4, -0.2) is 63.8 Å². The molecule has 0 unspecified atom stereocenters. The molecule has 0 saturated carbocycles. The molecule has 2 heterocycles. The summed E-state index contributed by atoms with van der Waals surface area (Å²) >= 11 is 0. The van der Waals surface area contributed by atoms with Gasteiger partial charge < -0.3 is 20.2 Å². The van der Waals surface area contributed by atoms with E-state index in [-0.39, 0.29) is 29.5 Å². The van der Waals surface area contributed by atoms with Gasteiger partial charge in [-0.25, -0.2) is 4.79 Å². The van der Waals surface area contributed by atoms with Crippen molar-refractivity contribution in [1.29, 1.82) is 0 Å². The van der Waals surface area contributed by atoms with Crippen molar-refractivity contribution in [3.8, 4) is 0 Å². The van der Waals surface area contributed by atoms with Gasteiger partial charge in [0.25, 0.3) is 0 Å². The summed E-state index contributed by atoms with van der Waals surface area (Å²) in [7, 11) is 0. The van der Waals surface area contributed by atoms with E-state index in [0.29, 0.717) is 42.9 Å². The molecule has 3 rings (SSSR count). The van der Waals surface area contributed by atoms with Crippen LogP contribution in [0.1, 0.15) is 20.8 Å². The van der Waals surface area contributed by atoms with Gasteiger partial charge in [0.05, 0.1) is 17.1 Å². The van der Waals surface area contributed by atoms with Crippen LogP contribution in [0.2, 0.25) is 0 Å². The molecule has 3 N–H and O–H groups in total. The molecule has 26 heavy (non-hydrogen) atoms. The maximum atomic E-state index is 12.6. The monoisotopic (exact) mass is 359 g/mol. The largest absolute Gasteiger partial charge is 0.340 e. The molecule has 2 aromatic rings. The smallest absolute Gasteiger partial charge is 0.323 e. The van der Waals surface area contributed by atoms with E-state index in [9.17, 15) is 14.4 Å². The van der Waals surface area contributed by atoms with Crippen LogP contribution in [0.4, 0.5) is 5.69 Å². The molecule has 1 fully saturated rings. The van der Waals surface area contributed by atoms with E-state index in [2.05, 4.69) is 20.2 Å². The fourth-order valence-corrected chi connectivity index (χ4v) is 3.22. The van der Waals surface area contributed by atoms with Crippen LogP contribution in [0.3, 0.4) is 0 Å². The molecule has 0 spiro atoms. The van der Waals surface area contributed by atoms with Gasteiger partial charge >= 0.3 is 5.69 Å². The minimum Gasteiger partial charge on any atom is -0.340 e. The third-order valence-electron chi connectivity index (χ3n) is 4.83. The number of piperazine rings is 1. The van der Waals surface area contributed by atoms with E-state index >= 15 is 0 Å². The molecule has 0 radical (unpaired) electrons. The lowest BCUT2D eigenvalue weighted by atomic mass is 10.1. The Morgan fingerprint density at radius 1 is 1.04 bits per heavy atom. The summed E-state index contributed by atoms with van der Waals surface area (Å²) in [6, 6.07) is 4.95. The molecular formula is C18H25N5O3. The quantitative estimate of drug-likeness (QED) is 0.757. The van der Waals surface area contributed by atoms with Crippen molar-refractivity contribution < 1.29 is 9.59 Å². The lowest BCUT2D eigenvalue weighted by molar-refractivity contribution is -0.136. The average Bonchev–Trinajstić information content (AvgIpc) is 2.99. The number of carbonyl (C=O) groups excluding carboxylic acids is 2. The molecule has 1 atom stereocenters. The highest BCUT2D eigenvalue weighted by molar-refractivity contribution is 5.96. The first-order valence-electron chi connectivity index (χ1n) is 8.91. The van der Waals surface area contributed by atoms with E-state index in [1.54, 1.807) is 18.2 Å². The van der Waals surface area contributed by atoms with E-state index < -0.39 is 0 Å². The van der Waals surface area contributed by atoms with E-state index in [1.165, 1.54) is 0 Å². The number of carbonyl (C=O) groups is 2. The van der Waals surface area contributed by atoms with Crippen LogP contribution >= 0.6 is 0 Å². The number of nitrogens with one attached hydrogen (secondary N) is 3. The van der Waals surface area contributed by atoms with Crippen LogP contribution in [0.15, 0.2) is 23.0 Å². The Kier molecular flexibility index (Phi) is 5.13. The second-order valence-corrected chi connectivity index (χ2v) is 7.02. The van der Waals surface area contributed by atoms with Gasteiger partial charge in [-0.15, -0.1) is 0 Å². The molecular weight excluding hydrogens is 334 g/mol. The van der Waals surface area contributed by atoms with E-state index in [4.69, 9.17) is 0 Å². The zero-order valence-corrected chi connectivity index (χ0v) is 15.3. The second-order valence-electron chi connectivity index (χ2n) is 7.02. The predicted molar refractivity (Wildman–Crippen MR) is 100 cm³/mol. The number of imidazole rings is 1. The van der Waals surface area contributed by atoms with Crippen LogP contribution in [0, 0.1) is 5.92 Å². The van der Waals surface area contributed by atoms with Crippen molar-refractivity contribution in [2.45, 2.75) is 26.8 Å². The normalized spacial score (nSPS) is 16.8. The van der Waals surface area contributed by atoms with Crippen LogP contribution < -0.4 is 11.0 Å². The van der Waals surface area contributed by atoms with Gasteiger partial charge in [-0.1, -0.05) is 13.8 Å². The molecule has 1 saturated heterocycles. The molecule has 1 aromatic carbocycles. The number of fused-ring (bicyclic) bond motifs is 1. The number of rotatable bonds is 4. The molecule has 8 heteroatoms. The Labute approximate surface area is 151 Å². The summed E-state index contributed by atoms with van der Waals surface area (Å²) in [6.07, 6.45) is 0. The number of amides is 2. The summed E-state index contributed by atoms with van der Waals surface area (Å²) < 4.78 is 0. The van der Waals surface area contributed by atoms with Crippen molar-refractivity contribution in [3.63, 3.8) is 0 Å². The Bertz CT molecular complexity index is 861. The van der Waals surface area contributed by atoms with Gasteiger partial charge in [-0.2, -0.15) is 0 Å². The van der Waals surface area contributed by atoms with Crippen LogP contribution in [-0.2, 0) is 9.59 Å². The molecule has 2 amide bonds. The van der Waals surface area contributed by atoms with Crippen molar-refractivity contribution in [3.05, 3.63) is 28.7 Å². The molecule has 0 bridgehead atoms. The molecule has 1 aliphatic rings. The zero-order chi connectivity index (χ0) is 18.8. The number of aromatic nitrogens is 2. The highest BCUT2D eigenvalue weighted by Gasteiger charge is 2.28. The summed E-state index contributed by atoms with van der Waals surface area (Å²) in [5.41, 5.74) is 1.72. The van der Waals surface area contributed by atoms with Gasteiger partial charge in [0.1, 0.15) is 0 Å². The molecule has 1 aliphatic heterocycles. The van der Waals surface area contributed by atoms with Gasteiger partial charge in [-0.05, 0) is 25.1 Å². The second kappa shape index (κ2) is 7.33. The topological polar surface area (TPSA) is 101 Å².